The first-order chi connectivity index (χ1) is 10.9. The largest absolute Gasteiger partial charge is 0.497 e. The molecule has 0 atom stereocenters. The van der Waals surface area contributed by atoms with Crippen LogP contribution in [0.25, 0.3) is 10.9 Å². The lowest BCUT2D eigenvalue weighted by Gasteiger charge is -2.07. The molecule has 118 valence electrons. The summed E-state index contributed by atoms with van der Waals surface area (Å²) in [5, 5.41) is 11.4. The van der Waals surface area contributed by atoms with Crippen LogP contribution >= 0.6 is 0 Å². The highest BCUT2D eigenvalue weighted by molar-refractivity contribution is 7.90. The van der Waals surface area contributed by atoms with E-state index >= 15 is 0 Å². The summed E-state index contributed by atoms with van der Waals surface area (Å²) in [4.78, 5) is 10.7. The maximum Gasteiger partial charge on any atom is 0.295 e. The van der Waals surface area contributed by atoms with E-state index in [1.807, 2.05) is 0 Å². The molecule has 0 unspecified atom stereocenters. The summed E-state index contributed by atoms with van der Waals surface area (Å²) in [6.45, 7) is 0. The summed E-state index contributed by atoms with van der Waals surface area (Å²) in [5.41, 5.74) is -0.0814. The van der Waals surface area contributed by atoms with E-state index in [0.717, 1.165) is 10.2 Å². The minimum absolute atomic E-state index is 0.0506. The van der Waals surface area contributed by atoms with Crippen molar-refractivity contribution in [3.8, 4) is 5.75 Å². The predicted octanol–water partition coefficient (Wildman–Crippen LogP) is 2.80. The van der Waals surface area contributed by atoms with Gasteiger partial charge in [-0.05, 0) is 24.3 Å². The molecule has 3 rings (SSSR count). The quantitative estimate of drug-likeness (QED) is 0.541. The van der Waals surface area contributed by atoms with Gasteiger partial charge < -0.3 is 4.74 Å². The number of hydrogen-bond acceptors (Lipinski definition) is 5. The van der Waals surface area contributed by atoms with Crippen molar-refractivity contribution >= 4 is 26.6 Å². The highest BCUT2D eigenvalue weighted by Crippen LogP contribution is 2.33. The minimum Gasteiger partial charge on any atom is -0.497 e. The highest BCUT2D eigenvalue weighted by Gasteiger charge is 2.26. The van der Waals surface area contributed by atoms with Crippen LogP contribution in [0.3, 0.4) is 0 Å². The Balaban J connectivity index is 2.35. The monoisotopic (exact) mass is 332 g/mol. The summed E-state index contributed by atoms with van der Waals surface area (Å²) in [6, 6.07) is 12.2. The van der Waals surface area contributed by atoms with E-state index < -0.39 is 14.9 Å². The molecule has 3 aromatic rings. The van der Waals surface area contributed by atoms with Gasteiger partial charge in [0.15, 0.2) is 0 Å². The molecule has 0 saturated carbocycles. The molecule has 0 radical (unpaired) electrons. The van der Waals surface area contributed by atoms with Gasteiger partial charge in [0.2, 0.25) is 0 Å². The number of rotatable bonds is 4. The van der Waals surface area contributed by atoms with Crippen molar-refractivity contribution in [3.63, 3.8) is 0 Å². The molecule has 1 heterocycles. The standard InChI is InChI=1S/C15H12N2O5S/c1-22-11-7-8-13-14(9-11)16(10-15(13)17(18)19)23(20,21)12-5-3-2-4-6-12/h2-10H,1H3. The zero-order chi connectivity index (χ0) is 16.6. The Morgan fingerprint density at radius 3 is 2.43 bits per heavy atom. The van der Waals surface area contributed by atoms with Crippen molar-refractivity contribution in [2.45, 2.75) is 4.90 Å². The lowest BCUT2D eigenvalue weighted by Crippen LogP contribution is -2.11. The van der Waals surface area contributed by atoms with Gasteiger partial charge in [-0.1, -0.05) is 18.2 Å². The summed E-state index contributed by atoms with van der Waals surface area (Å²) in [7, 11) is -2.51. The average molecular weight is 332 g/mol. The summed E-state index contributed by atoms with van der Waals surface area (Å²) < 4.78 is 31.6. The number of aromatic nitrogens is 1. The van der Waals surface area contributed by atoms with Gasteiger partial charge in [0.25, 0.3) is 15.7 Å². The fourth-order valence-corrected chi connectivity index (χ4v) is 3.71. The van der Waals surface area contributed by atoms with Crippen LogP contribution in [0.15, 0.2) is 59.6 Å². The van der Waals surface area contributed by atoms with Gasteiger partial charge in [0, 0.05) is 6.07 Å². The molecule has 0 aliphatic carbocycles. The third-order valence-corrected chi connectivity index (χ3v) is 5.14. The molecule has 2 aromatic carbocycles. The topological polar surface area (TPSA) is 91.4 Å². The number of hydrogen-bond donors (Lipinski definition) is 0. The molecule has 1 aromatic heterocycles. The number of nitrogens with zero attached hydrogens (tertiary/aromatic N) is 2. The fraction of sp³-hybridized carbons (Fsp3) is 0.0667. The van der Waals surface area contributed by atoms with E-state index in [1.165, 1.54) is 31.4 Å². The van der Waals surface area contributed by atoms with Gasteiger partial charge in [0.05, 0.1) is 34.0 Å². The van der Waals surface area contributed by atoms with Crippen LogP contribution in [0, 0.1) is 10.1 Å². The van der Waals surface area contributed by atoms with Crippen molar-refractivity contribution in [1.29, 1.82) is 0 Å². The van der Waals surface area contributed by atoms with Crippen molar-refractivity contribution in [3.05, 3.63) is 64.8 Å². The van der Waals surface area contributed by atoms with Gasteiger partial charge in [-0.3, -0.25) is 10.1 Å². The number of nitro groups is 1. The molecular formula is C15H12N2O5S. The van der Waals surface area contributed by atoms with Gasteiger partial charge in [0.1, 0.15) is 5.75 Å². The molecule has 0 aliphatic rings. The minimum atomic E-state index is -3.95. The van der Waals surface area contributed by atoms with Crippen LogP contribution in [0.2, 0.25) is 0 Å². The number of benzene rings is 2. The number of methoxy groups -OCH3 is 1. The number of ether oxygens (including phenoxy) is 1. The number of fused-ring (bicyclic) bond motifs is 1. The van der Waals surface area contributed by atoms with Gasteiger partial charge in [-0.2, -0.15) is 0 Å². The highest BCUT2D eigenvalue weighted by atomic mass is 32.2. The SMILES string of the molecule is COc1ccc2c([N+](=O)[O-])cn(S(=O)(=O)c3ccccc3)c2c1. The lowest BCUT2D eigenvalue weighted by atomic mass is 10.2. The smallest absolute Gasteiger partial charge is 0.295 e. The normalized spacial score (nSPS) is 11.5. The first-order valence-electron chi connectivity index (χ1n) is 6.59. The summed E-state index contributed by atoms with van der Waals surface area (Å²) >= 11 is 0. The van der Waals surface area contributed by atoms with Crippen LogP contribution in [-0.2, 0) is 10.0 Å². The Morgan fingerprint density at radius 1 is 1.13 bits per heavy atom. The molecule has 0 N–H and O–H groups in total. The second kappa shape index (κ2) is 5.40. The first-order valence-corrected chi connectivity index (χ1v) is 8.03. The van der Waals surface area contributed by atoms with Crippen molar-refractivity contribution in [1.82, 2.24) is 3.97 Å². The Morgan fingerprint density at radius 2 is 1.83 bits per heavy atom. The van der Waals surface area contributed by atoms with Crippen LogP contribution in [0.1, 0.15) is 0 Å². The predicted molar refractivity (Wildman–Crippen MR) is 84.2 cm³/mol. The molecule has 0 spiro atoms. The van der Waals surface area contributed by atoms with Crippen LogP contribution in [0.4, 0.5) is 5.69 Å². The molecule has 0 amide bonds. The van der Waals surface area contributed by atoms with Crippen molar-refractivity contribution < 1.29 is 18.1 Å². The van der Waals surface area contributed by atoms with Crippen LogP contribution in [-0.4, -0.2) is 24.4 Å². The molecule has 0 fully saturated rings. The van der Waals surface area contributed by atoms with E-state index in [9.17, 15) is 18.5 Å². The molecule has 0 saturated heterocycles. The third kappa shape index (κ3) is 2.42. The Hall–Kier alpha value is -2.87. The molecule has 23 heavy (non-hydrogen) atoms. The second-order valence-corrected chi connectivity index (χ2v) is 6.58. The second-order valence-electron chi connectivity index (χ2n) is 4.77. The average Bonchev–Trinajstić information content (AvgIpc) is 2.95. The lowest BCUT2D eigenvalue weighted by molar-refractivity contribution is -0.383. The van der Waals surface area contributed by atoms with E-state index in [4.69, 9.17) is 4.74 Å². The maximum atomic E-state index is 12.8. The Kier molecular flexibility index (Phi) is 3.53. The molecule has 0 bridgehead atoms. The molecule has 7 nitrogen and oxygen atoms in total. The van der Waals surface area contributed by atoms with Gasteiger partial charge >= 0.3 is 0 Å². The maximum absolute atomic E-state index is 12.8. The zero-order valence-corrected chi connectivity index (χ0v) is 12.9. The Labute approximate surface area is 131 Å². The molecule has 8 heteroatoms. The van der Waals surface area contributed by atoms with E-state index in [0.29, 0.717) is 5.75 Å². The van der Waals surface area contributed by atoms with Gasteiger partial charge in [-0.15, -0.1) is 0 Å². The Bertz CT molecular complexity index is 993. The van der Waals surface area contributed by atoms with E-state index in [-0.39, 0.29) is 21.5 Å². The first kappa shape index (κ1) is 15.0. The summed E-state index contributed by atoms with van der Waals surface area (Å²) in [5.74, 6) is 0.412. The zero-order valence-electron chi connectivity index (χ0n) is 12.0. The van der Waals surface area contributed by atoms with E-state index in [1.54, 1.807) is 24.3 Å². The van der Waals surface area contributed by atoms with Crippen molar-refractivity contribution in [2.75, 3.05) is 7.11 Å². The van der Waals surface area contributed by atoms with E-state index in [2.05, 4.69) is 0 Å². The van der Waals surface area contributed by atoms with Crippen molar-refractivity contribution in [2.24, 2.45) is 0 Å². The third-order valence-electron chi connectivity index (χ3n) is 3.45. The van der Waals surface area contributed by atoms with Gasteiger partial charge in [-0.25, -0.2) is 12.4 Å². The fourth-order valence-electron chi connectivity index (χ4n) is 2.34. The van der Waals surface area contributed by atoms with Crippen LogP contribution in [0.5, 0.6) is 5.75 Å². The molecular weight excluding hydrogens is 320 g/mol. The summed E-state index contributed by atoms with van der Waals surface area (Å²) in [6.07, 6.45) is 1.02. The van der Waals surface area contributed by atoms with Crippen LogP contribution < -0.4 is 4.74 Å². The molecule has 0 aliphatic heterocycles.